The fourth-order valence-corrected chi connectivity index (χ4v) is 4.80. The summed E-state index contributed by atoms with van der Waals surface area (Å²) in [6.07, 6.45) is 3.43. The Hall–Kier alpha value is -3.16. The molecule has 2 fully saturated rings. The molecule has 2 bridgehead atoms. The SMILES string of the molecule is CC1(C)[C@H]2CC[C@]1(C)C(=O)C2=CN(OC(=O)c1ccc(N([O-])O)cc1)c1ccccc1. The second-order valence-electron chi connectivity index (χ2n) is 8.92. The van der Waals surface area contributed by atoms with Crippen LogP contribution >= 0.6 is 0 Å². The number of carbonyl (C=O) groups is 2. The lowest BCUT2D eigenvalue weighted by Crippen LogP contribution is -2.32. The van der Waals surface area contributed by atoms with Crippen LogP contribution in [0.2, 0.25) is 0 Å². The van der Waals surface area contributed by atoms with Crippen molar-refractivity contribution in [2.24, 2.45) is 16.7 Å². The summed E-state index contributed by atoms with van der Waals surface area (Å²) in [5, 5.41) is 21.0. The molecule has 2 aliphatic carbocycles. The molecule has 2 aromatic rings. The quantitative estimate of drug-likeness (QED) is 0.544. The number of hydrogen-bond donors (Lipinski definition) is 1. The van der Waals surface area contributed by atoms with Gasteiger partial charge >= 0.3 is 5.97 Å². The van der Waals surface area contributed by atoms with E-state index in [-0.39, 0.29) is 33.6 Å². The molecule has 2 aromatic carbocycles. The lowest BCUT2D eigenvalue weighted by atomic mass is 9.70. The molecule has 162 valence electrons. The maximum atomic E-state index is 13.2. The maximum Gasteiger partial charge on any atom is 0.363 e. The molecular formula is C24H25N2O5-. The van der Waals surface area contributed by atoms with Gasteiger partial charge in [0.25, 0.3) is 0 Å². The van der Waals surface area contributed by atoms with Crippen molar-refractivity contribution in [3.63, 3.8) is 0 Å². The molecule has 7 heteroatoms. The molecule has 0 heterocycles. The Balaban J connectivity index is 1.66. The highest BCUT2D eigenvalue weighted by atomic mass is 16.8. The molecule has 0 aromatic heterocycles. The van der Waals surface area contributed by atoms with Crippen LogP contribution in [-0.2, 0) is 9.63 Å². The summed E-state index contributed by atoms with van der Waals surface area (Å²) in [7, 11) is 0. The smallest absolute Gasteiger partial charge is 0.363 e. The Bertz CT molecular complexity index is 1030. The topological polar surface area (TPSA) is 93.1 Å². The molecule has 0 amide bonds. The molecule has 31 heavy (non-hydrogen) atoms. The van der Waals surface area contributed by atoms with E-state index < -0.39 is 11.4 Å². The van der Waals surface area contributed by atoms with E-state index in [1.807, 2.05) is 25.1 Å². The van der Waals surface area contributed by atoms with Crippen molar-refractivity contribution < 1.29 is 19.6 Å². The summed E-state index contributed by atoms with van der Waals surface area (Å²) in [5.41, 5.74) is 0.915. The molecule has 0 saturated heterocycles. The van der Waals surface area contributed by atoms with Gasteiger partial charge in [0.1, 0.15) is 0 Å². The first-order chi connectivity index (χ1) is 14.6. The van der Waals surface area contributed by atoms with E-state index >= 15 is 0 Å². The number of anilines is 2. The molecule has 0 unspecified atom stereocenters. The van der Waals surface area contributed by atoms with Gasteiger partial charge in [0, 0.05) is 11.0 Å². The van der Waals surface area contributed by atoms with Gasteiger partial charge < -0.3 is 15.3 Å². The van der Waals surface area contributed by atoms with Crippen LogP contribution in [0.4, 0.5) is 11.4 Å². The van der Waals surface area contributed by atoms with Crippen LogP contribution in [0.5, 0.6) is 0 Å². The van der Waals surface area contributed by atoms with Gasteiger partial charge in [0.05, 0.1) is 23.1 Å². The summed E-state index contributed by atoms with van der Waals surface area (Å²) >= 11 is 0. The van der Waals surface area contributed by atoms with Crippen LogP contribution in [0.15, 0.2) is 66.4 Å². The van der Waals surface area contributed by atoms with Crippen LogP contribution in [0.1, 0.15) is 44.0 Å². The van der Waals surface area contributed by atoms with E-state index in [1.54, 1.807) is 18.3 Å². The number of hydroxylamine groups is 1. The van der Waals surface area contributed by atoms with Gasteiger partial charge in [-0.1, -0.05) is 39.0 Å². The van der Waals surface area contributed by atoms with Crippen molar-refractivity contribution in [3.05, 3.63) is 77.1 Å². The van der Waals surface area contributed by atoms with E-state index in [4.69, 9.17) is 10.0 Å². The summed E-state index contributed by atoms with van der Waals surface area (Å²) in [6.45, 7) is 6.28. The maximum absolute atomic E-state index is 13.2. The Labute approximate surface area is 181 Å². The molecule has 2 saturated carbocycles. The van der Waals surface area contributed by atoms with Crippen LogP contribution in [-0.4, -0.2) is 17.0 Å². The highest BCUT2D eigenvalue weighted by Gasteiger charge is 2.64. The molecular weight excluding hydrogens is 396 g/mol. The number of carbonyl (C=O) groups excluding carboxylic acids is 2. The van der Waals surface area contributed by atoms with Crippen molar-refractivity contribution >= 4 is 23.1 Å². The normalized spacial score (nSPS) is 25.0. The number of allylic oxidation sites excluding steroid dienone is 1. The second kappa shape index (κ2) is 7.51. The predicted octanol–water partition coefficient (Wildman–Crippen LogP) is 4.87. The summed E-state index contributed by atoms with van der Waals surface area (Å²) in [4.78, 5) is 31.7. The molecule has 1 N–H and O–H groups in total. The van der Waals surface area contributed by atoms with E-state index in [0.29, 0.717) is 11.3 Å². The third-order valence-corrected chi connectivity index (χ3v) is 7.14. The molecule has 4 rings (SSSR count). The van der Waals surface area contributed by atoms with Gasteiger partial charge in [-0.3, -0.25) is 10.0 Å². The van der Waals surface area contributed by atoms with Crippen molar-refractivity contribution in [2.75, 3.05) is 10.3 Å². The Kier molecular flexibility index (Phi) is 5.11. The third kappa shape index (κ3) is 3.40. The van der Waals surface area contributed by atoms with Gasteiger partial charge in [0.2, 0.25) is 0 Å². The average molecular weight is 421 g/mol. The Morgan fingerprint density at radius 2 is 1.74 bits per heavy atom. The van der Waals surface area contributed by atoms with Crippen molar-refractivity contribution in [1.29, 1.82) is 0 Å². The first-order valence-electron chi connectivity index (χ1n) is 10.2. The van der Waals surface area contributed by atoms with Gasteiger partial charge in [-0.2, -0.15) is 5.06 Å². The average Bonchev–Trinajstić information content (AvgIpc) is 3.07. The van der Waals surface area contributed by atoms with E-state index in [0.717, 1.165) is 12.8 Å². The van der Waals surface area contributed by atoms with Crippen molar-refractivity contribution in [1.82, 2.24) is 0 Å². The number of benzene rings is 2. The number of fused-ring (bicyclic) bond motifs is 2. The zero-order valence-corrected chi connectivity index (χ0v) is 17.7. The highest BCUT2D eigenvalue weighted by Crippen LogP contribution is 2.65. The van der Waals surface area contributed by atoms with Crippen molar-refractivity contribution in [2.45, 2.75) is 33.6 Å². The first kappa shape index (κ1) is 21.1. The van der Waals surface area contributed by atoms with Gasteiger partial charge in [-0.05, 0) is 60.6 Å². The third-order valence-electron chi connectivity index (χ3n) is 7.14. The number of ketones is 1. The standard InChI is InChI=1S/C24H25N2O5/c1-23(2)20-13-14-24(23,3)21(27)19(20)15-25(17-7-5-4-6-8-17)31-22(28)16-9-11-18(12-10-16)26(29)30/h4-12,15,20,29H,13-14H2,1-3H3/q-1/t20-,24+/m0/s1. The number of nitrogens with zero attached hydrogens (tertiary/aromatic N) is 2. The van der Waals surface area contributed by atoms with Crippen LogP contribution in [0.25, 0.3) is 0 Å². The number of hydrogen-bond acceptors (Lipinski definition) is 7. The van der Waals surface area contributed by atoms with Crippen LogP contribution in [0.3, 0.4) is 0 Å². The van der Waals surface area contributed by atoms with Crippen LogP contribution in [0, 0.1) is 22.0 Å². The van der Waals surface area contributed by atoms with Gasteiger partial charge in [-0.25, -0.2) is 4.79 Å². The fourth-order valence-electron chi connectivity index (χ4n) is 4.80. The summed E-state index contributed by atoms with van der Waals surface area (Å²) in [5.74, 6) is -0.445. The molecule has 7 nitrogen and oxygen atoms in total. The van der Waals surface area contributed by atoms with Gasteiger partial charge in [-0.15, -0.1) is 0 Å². The largest absolute Gasteiger partial charge is 0.733 e. The molecule has 2 aliphatic rings. The first-order valence-corrected chi connectivity index (χ1v) is 10.2. The fraction of sp³-hybridized carbons (Fsp3) is 0.333. The van der Waals surface area contributed by atoms with E-state index in [2.05, 4.69) is 13.8 Å². The zero-order chi connectivity index (χ0) is 22.4. The summed E-state index contributed by atoms with van der Waals surface area (Å²) in [6, 6.07) is 14.5. The minimum Gasteiger partial charge on any atom is -0.733 e. The van der Waals surface area contributed by atoms with E-state index in [9.17, 15) is 14.8 Å². The Morgan fingerprint density at radius 3 is 2.29 bits per heavy atom. The van der Waals surface area contributed by atoms with Crippen LogP contribution < -0.4 is 10.3 Å². The summed E-state index contributed by atoms with van der Waals surface area (Å²) < 4.78 is 0. The molecule has 0 radical (unpaired) electrons. The lowest BCUT2D eigenvalue weighted by molar-refractivity contribution is -0.125. The van der Waals surface area contributed by atoms with Gasteiger partial charge in [0.15, 0.2) is 5.78 Å². The predicted molar refractivity (Wildman–Crippen MR) is 116 cm³/mol. The molecule has 2 atom stereocenters. The monoisotopic (exact) mass is 421 g/mol. The van der Waals surface area contributed by atoms with Crippen molar-refractivity contribution in [3.8, 4) is 0 Å². The number of rotatable bonds is 5. The molecule has 0 spiro atoms. The minimum absolute atomic E-state index is 0.00152. The minimum atomic E-state index is -0.649. The lowest BCUT2D eigenvalue weighted by Gasteiger charge is -2.31. The number of Topliss-reactive ketones (excluding diaryl/α,β-unsaturated/α-hetero) is 1. The molecule has 0 aliphatic heterocycles. The van der Waals surface area contributed by atoms with E-state index in [1.165, 1.54) is 29.3 Å². The number of para-hydroxylation sites is 1. The Morgan fingerprint density at radius 1 is 1.10 bits per heavy atom. The zero-order valence-electron chi connectivity index (χ0n) is 17.7. The second-order valence-corrected chi connectivity index (χ2v) is 8.92. The highest BCUT2D eigenvalue weighted by molar-refractivity contribution is 6.05.